The van der Waals surface area contributed by atoms with Crippen LogP contribution in [-0.4, -0.2) is 53.5 Å². The van der Waals surface area contributed by atoms with Gasteiger partial charge in [0, 0.05) is 0 Å². The Labute approximate surface area is 129 Å². The fraction of sp³-hybridized carbons (Fsp3) is 0.769. The molecule has 5 N–H and O–H groups in total. The molecule has 7 nitrogen and oxygen atoms in total. The number of carbonyl (C=O) groups excluding carboxylic acids is 2. The van der Waals surface area contributed by atoms with Crippen LogP contribution >= 0.6 is 11.8 Å². The summed E-state index contributed by atoms with van der Waals surface area (Å²) in [7, 11) is 0. The van der Waals surface area contributed by atoms with Gasteiger partial charge in [-0.2, -0.15) is 11.8 Å². The van der Waals surface area contributed by atoms with E-state index in [1.165, 1.54) is 11.8 Å². The van der Waals surface area contributed by atoms with Gasteiger partial charge < -0.3 is 21.5 Å². The molecule has 2 amide bonds. The van der Waals surface area contributed by atoms with Crippen molar-refractivity contribution in [3.8, 4) is 0 Å². The van der Waals surface area contributed by atoms with Crippen LogP contribution in [0.15, 0.2) is 0 Å². The average Bonchev–Trinajstić information content (AvgIpc) is 2.39. The number of carbonyl (C=O) groups is 3. The SMILES string of the molecule is CSCC[C@H](NC(=O)[C@@H](N)CC(C)C)C(=O)NCC(=O)O. The number of carboxylic acid groups (broad SMARTS) is 1. The molecule has 0 heterocycles. The normalized spacial score (nSPS) is 13.6. The van der Waals surface area contributed by atoms with Gasteiger partial charge in [-0.1, -0.05) is 13.8 Å². The number of hydrogen-bond donors (Lipinski definition) is 4. The number of thioether (sulfide) groups is 1. The van der Waals surface area contributed by atoms with Crippen molar-refractivity contribution in [1.82, 2.24) is 10.6 Å². The summed E-state index contributed by atoms with van der Waals surface area (Å²) in [6.07, 6.45) is 2.84. The lowest BCUT2D eigenvalue weighted by Crippen LogP contribution is -2.52. The second-order valence-electron chi connectivity index (χ2n) is 5.19. The van der Waals surface area contributed by atoms with Crippen LogP contribution in [-0.2, 0) is 14.4 Å². The van der Waals surface area contributed by atoms with Gasteiger partial charge in [-0.25, -0.2) is 0 Å². The van der Waals surface area contributed by atoms with Gasteiger partial charge in [-0.15, -0.1) is 0 Å². The molecule has 0 spiro atoms. The van der Waals surface area contributed by atoms with Gasteiger partial charge in [0.1, 0.15) is 12.6 Å². The van der Waals surface area contributed by atoms with Crippen LogP contribution < -0.4 is 16.4 Å². The molecule has 0 saturated heterocycles. The standard InChI is InChI=1S/C13H25N3O4S/c1-8(2)6-9(14)12(19)16-10(4-5-21-3)13(20)15-7-11(17)18/h8-10H,4-7,14H2,1-3H3,(H,15,20)(H,16,19)(H,17,18)/t9-,10-/m0/s1. The van der Waals surface area contributed by atoms with Gasteiger partial charge >= 0.3 is 5.97 Å². The van der Waals surface area contributed by atoms with Gasteiger partial charge in [0.05, 0.1) is 6.04 Å². The van der Waals surface area contributed by atoms with Crippen molar-refractivity contribution < 1.29 is 19.5 Å². The second kappa shape index (κ2) is 10.4. The summed E-state index contributed by atoms with van der Waals surface area (Å²) in [4.78, 5) is 34.3. The molecule has 0 fully saturated rings. The minimum atomic E-state index is -1.13. The van der Waals surface area contributed by atoms with Crippen LogP contribution in [0, 0.1) is 5.92 Å². The molecule has 0 saturated carbocycles. The molecule has 0 bridgehead atoms. The lowest BCUT2D eigenvalue weighted by atomic mass is 10.0. The Morgan fingerprint density at radius 1 is 1.24 bits per heavy atom. The molecule has 0 aliphatic heterocycles. The first-order valence-corrected chi connectivity index (χ1v) is 8.21. The van der Waals surface area contributed by atoms with Crippen LogP contribution in [0.4, 0.5) is 0 Å². The molecule has 2 atom stereocenters. The summed E-state index contributed by atoms with van der Waals surface area (Å²) in [5.41, 5.74) is 5.77. The molecule has 21 heavy (non-hydrogen) atoms. The summed E-state index contributed by atoms with van der Waals surface area (Å²) in [5.74, 6) is -1.08. The zero-order valence-electron chi connectivity index (χ0n) is 12.7. The highest BCUT2D eigenvalue weighted by molar-refractivity contribution is 7.98. The largest absolute Gasteiger partial charge is 0.480 e. The highest BCUT2D eigenvalue weighted by atomic mass is 32.2. The van der Waals surface area contributed by atoms with Crippen molar-refractivity contribution in [2.75, 3.05) is 18.6 Å². The van der Waals surface area contributed by atoms with Crippen LogP contribution in [0.3, 0.4) is 0 Å². The molecule has 0 aromatic carbocycles. The predicted octanol–water partition coefficient (Wildman–Crippen LogP) is -0.201. The number of nitrogens with two attached hydrogens (primary N) is 1. The van der Waals surface area contributed by atoms with Gasteiger partial charge in [0.2, 0.25) is 11.8 Å². The fourth-order valence-corrected chi connectivity index (χ4v) is 2.16. The fourth-order valence-electron chi connectivity index (χ4n) is 1.68. The zero-order valence-corrected chi connectivity index (χ0v) is 13.5. The lowest BCUT2D eigenvalue weighted by molar-refractivity contribution is -0.138. The summed E-state index contributed by atoms with van der Waals surface area (Å²) < 4.78 is 0. The highest BCUT2D eigenvalue weighted by Crippen LogP contribution is 2.05. The molecule has 122 valence electrons. The van der Waals surface area contributed by atoms with E-state index in [4.69, 9.17) is 10.8 Å². The second-order valence-corrected chi connectivity index (χ2v) is 6.18. The smallest absolute Gasteiger partial charge is 0.322 e. The summed E-state index contributed by atoms with van der Waals surface area (Å²) in [5, 5.41) is 13.4. The first kappa shape index (κ1) is 19.7. The molecule has 0 aromatic heterocycles. The third-order valence-electron chi connectivity index (χ3n) is 2.72. The van der Waals surface area contributed by atoms with E-state index < -0.39 is 30.5 Å². The third kappa shape index (κ3) is 9.30. The Morgan fingerprint density at radius 3 is 2.33 bits per heavy atom. The maximum absolute atomic E-state index is 12.0. The maximum atomic E-state index is 12.0. The van der Waals surface area contributed by atoms with Gasteiger partial charge in [0.25, 0.3) is 0 Å². The molecule has 0 aliphatic rings. The lowest BCUT2D eigenvalue weighted by Gasteiger charge is -2.20. The summed E-state index contributed by atoms with van der Waals surface area (Å²) in [6, 6.07) is -1.43. The number of carboxylic acids is 1. The van der Waals surface area contributed by atoms with Crippen LogP contribution in [0.2, 0.25) is 0 Å². The van der Waals surface area contributed by atoms with Crippen LogP contribution in [0.5, 0.6) is 0 Å². The molecule has 0 unspecified atom stereocenters. The number of rotatable bonds is 10. The first-order valence-electron chi connectivity index (χ1n) is 6.82. The van der Waals surface area contributed by atoms with E-state index in [9.17, 15) is 14.4 Å². The van der Waals surface area contributed by atoms with Crippen molar-refractivity contribution in [2.45, 2.75) is 38.8 Å². The van der Waals surface area contributed by atoms with Gasteiger partial charge in [-0.05, 0) is 30.8 Å². The van der Waals surface area contributed by atoms with E-state index in [1.807, 2.05) is 20.1 Å². The monoisotopic (exact) mass is 319 g/mol. The molecule has 0 aromatic rings. The van der Waals surface area contributed by atoms with Crippen molar-refractivity contribution in [1.29, 1.82) is 0 Å². The topological polar surface area (TPSA) is 122 Å². The van der Waals surface area contributed by atoms with E-state index in [-0.39, 0.29) is 11.8 Å². The first-order chi connectivity index (χ1) is 9.77. The summed E-state index contributed by atoms with van der Waals surface area (Å²) >= 11 is 1.54. The van der Waals surface area contributed by atoms with E-state index in [1.54, 1.807) is 0 Å². The van der Waals surface area contributed by atoms with E-state index in [0.717, 1.165) is 0 Å². The van der Waals surface area contributed by atoms with Gasteiger partial charge in [0.15, 0.2) is 0 Å². The quantitative estimate of drug-likeness (QED) is 0.442. The predicted molar refractivity (Wildman–Crippen MR) is 83.0 cm³/mol. The molecular formula is C13H25N3O4S. The van der Waals surface area contributed by atoms with Crippen molar-refractivity contribution in [3.63, 3.8) is 0 Å². The van der Waals surface area contributed by atoms with E-state index >= 15 is 0 Å². The van der Waals surface area contributed by atoms with Crippen molar-refractivity contribution >= 4 is 29.5 Å². The average molecular weight is 319 g/mol. The Balaban J connectivity index is 4.56. The maximum Gasteiger partial charge on any atom is 0.322 e. The van der Waals surface area contributed by atoms with Crippen LogP contribution in [0.25, 0.3) is 0 Å². The number of aliphatic carboxylic acids is 1. The van der Waals surface area contributed by atoms with Gasteiger partial charge in [-0.3, -0.25) is 14.4 Å². The van der Waals surface area contributed by atoms with Crippen molar-refractivity contribution in [2.24, 2.45) is 11.7 Å². The molecule has 0 radical (unpaired) electrons. The number of nitrogens with one attached hydrogen (secondary N) is 2. The number of hydrogen-bond acceptors (Lipinski definition) is 5. The Hall–Kier alpha value is -1.28. The molecule has 8 heteroatoms. The zero-order chi connectivity index (χ0) is 16.4. The molecule has 0 rings (SSSR count). The third-order valence-corrected chi connectivity index (χ3v) is 3.36. The molecule has 0 aliphatic carbocycles. The highest BCUT2D eigenvalue weighted by Gasteiger charge is 2.24. The number of amides is 2. The van der Waals surface area contributed by atoms with Crippen molar-refractivity contribution in [3.05, 3.63) is 0 Å². The summed E-state index contributed by atoms with van der Waals surface area (Å²) in [6.45, 7) is 3.44. The minimum Gasteiger partial charge on any atom is -0.480 e. The van der Waals surface area contributed by atoms with E-state index in [2.05, 4.69) is 10.6 Å². The Kier molecular flexibility index (Phi) is 9.81. The molecular weight excluding hydrogens is 294 g/mol. The Bertz CT molecular complexity index is 363. The van der Waals surface area contributed by atoms with Crippen LogP contribution in [0.1, 0.15) is 26.7 Å². The van der Waals surface area contributed by atoms with E-state index in [0.29, 0.717) is 18.6 Å². The minimum absolute atomic E-state index is 0.274. The Morgan fingerprint density at radius 2 is 1.86 bits per heavy atom.